The third kappa shape index (κ3) is 4.79. The highest BCUT2D eigenvalue weighted by atomic mass is 79.9. The van der Waals surface area contributed by atoms with E-state index < -0.39 is 26.7 Å². The van der Waals surface area contributed by atoms with Crippen LogP contribution in [0.25, 0.3) is 0 Å². The fourth-order valence-corrected chi connectivity index (χ4v) is 4.98. The van der Waals surface area contributed by atoms with Gasteiger partial charge in [0, 0.05) is 36.7 Å². The number of hydrogen-bond acceptors (Lipinski definition) is 6. The lowest BCUT2D eigenvalue weighted by molar-refractivity contribution is -0.387. The van der Waals surface area contributed by atoms with E-state index in [0.717, 1.165) is 10.5 Å². The topological polar surface area (TPSA) is 110 Å². The van der Waals surface area contributed by atoms with Crippen molar-refractivity contribution in [2.75, 3.05) is 26.2 Å². The van der Waals surface area contributed by atoms with Crippen LogP contribution in [-0.2, 0) is 14.8 Å². The van der Waals surface area contributed by atoms with Crippen LogP contribution in [0.15, 0.2) is 57.9 Å². The van der Waals surface area contributed by atoms with Crippen molar-refractivity contribution in [2.24, 2.45) is 0 Å². The molecule has 3 rings (SSSR count). The molecule has 160 valence electrons. The molecular weight excluding hydrogens is 478 g/mol. The number of hydrogen-bond donors (Lipinski definition) is 0. The smallest absolute Gasteiger partial charge is 0.289 e. The number of nitro groups is 1. The Bertz CT molecular complexity index is 1040. The van der Waals surface area contributed by atoms with Crippen LogP contribution in [0.5, 0.6) is 5.75 Å². The maximum absolute atomic E-state index is 12.9. The van der Waals surface area contributed by atoms with Crippen LogP contribution in [0.1, 0.15) is 6.92 Å². The van der Waals surface area contributed by atoms with Crippen LogP contribution in [0.3, 0.4) is 0 Å². The van der Waals surface area contributed by atoms with E-state index in [9.17, 15) is 23.3 Å². The average Bonchev–Trinajstić information content (AvgIpc) is 2.74. The largest absolute Gasteiger partial charge is 0.481 e. The first kappa shape index (κ1) is 22.2. The molecule has 1 atom stereocenters. The zero-order valence-electron chi connectivity index (χ0n) is 16.1. The third-order valence-corrected chi connectivity index (χ3v) is 7.18. The van der Waals surface area contributed by atoms with Gasteiger partial charge in [0.1, 0.15) is 5.75 Å². The summed E-state index contributed by atoms with van der Waals surface area (Å²) in [6, 6.07) is 12.3. The molecule has 2 aromatic rings. The highest BCUT2D eigenvalue weighted by Gasteiger charge is 2.35. The lowest BCUT2D eigenvalue weighted by Crippen LogP contribution is -2.53. The van der Waals surface area contributed by atoms with Crippen molar-refractivity contribution in [2.45, 2.75) is 17.9 Å². The highest BCUT2D eigenvalue weighted by Crippen LogP contribution is 2.27. The monoisotopic (exact) mass is 497 g/mol. The first-order valence-corrected chi connectivity index (χ1v) is 11.4. The first-order valence-electron chi connectivity index (χ1n) is 9.14. The second-order valence-corrected chi connectivity index (χ2v) is 9.49. The summed E-state index contributed by atoms with van der Waals surface area (Å²) in [7, 11) is -4.04. The molecule has 0 bridgehead atoms. The number of rotatable bonds is 6. The number of amides is 1. The van der Waals surface area contributed by atoms with E-state index in [1.165, 1.54) is 27.4 Å². The SMILES string of the molecule is CC(Oc1ccc(Br)cc1)C(=O)N1CCN(S(=O)(=O)c2ccccc2[N+](=O)[O-])CC1. The van der Waals surface area contributed by atoms with Gasteiger partial charge in [0.25, 0.3) is 11.6 Å². The molecule has 1 unspecified atom stereocenters. The Hall–Kier alpha value is -2.50. The van der Waals surface area contributed by atoms with Crippen LogP contribution in [-0.4, -0.2) is 60.7 Å². The molecule has 0 spiro atoms. The lowest BCUT2D eigenvalue weighted by Gasteiger charge is -2.35. The Balaban J connectivity index is 1.64. The van der Waals surface area contributed by atoms with E-state index in [4.69, 9.17) is 4.74 Å². The van der Waals surface area contributed by atoms with E-state index in [1.54, 1.807) is 31.2 Å². The van der Waals surface area contributed by atoms with Crippen molar-refractivity contribution in [3.05, 3.63) is 63.1 Å². The Morgan fingerprint density at radius 1 is 1.10 bits per heavy atom. The first-order chi connectivity index (χ1) is 14.2. The molecule has 30 heavy (non-hydrogen) atoms. The Labute approximate surface area is 182 Å². The molecule has 0 N–H and O–H groups in total. The van der Waals surface area contributed by atoms with Gasteiger partial charge in [-0.15, -0.1) is 0 Å². The molecule has 2 aromatic carbocycles. The van der Waals surface area contributed by atoms with E-state index in [1.807, 2.05) is 0 Å². The quantitative estimate of drug-likeness (QED) is 0.448. The molecule has 1 amide bonds. The summed E-state index contributed by atoms with van der Waals surface area (Å²) in [4.78, 5) is 24.3. The minimum absolute atomic E-state index is 0.0468. The Morgan fingerprint density at radius 3 is 2.30 bits per heavy atom. The average molecular weight is 498 g/mol. The van der Waals surface area contributed by atoms with Crippen LogP contribution in [0.2, 0.25) is 0 Å². The molecule has 9 nitrogen and oxygen atoms in total. The van der Waals surface area contributed by atoms with Crippen molar-refractivity contribution < 1.29 is 22.9 Å². The van der Waals surface area contributed by atoms with Gasteiger partial charge in [-0.3, -0.25) is 14.9 Å². The van der Waals surface area contributed by atoms with Crippen molar-refractivity contribution in [3.8, 4) is 5.75 Å². The van der Waals surface area contributed by atoms with Gasteiger partial charge < -0.3 is 9.64 Å². The number of nitrogens with zero attached hydrogens (tertiary/aromatic N) is 3. The molecule has 1 heterocycles. The number of carbonyl (C=O) groups is 1. The van der Waals surface area contributed by atoms with Gasteiger partial charge in [-0.05, 0) is 37.3 Å². The summed E-state index contributed by atoms with van der Waals surface area (Å²) in [6.45, 7) is 2.08. The van der Waals surface area contributed by atoms with E-state index in [2.05, 4.69) is 15.9 Å². The lowest BCUT2D eigenvalue weighted by atomic mass is 10.3. The molecule has 0 aliphatic carbocycles. The minimum Gasteiger partial charge on any atom is -0.481 e. The number of ether oxygens (including phenoxy) is 1. The predicted molar refractivity (Wildman–Crippen MR) is 113 cm³/mol. The predicted octanol–water partition coefficient (Wildman–Crippen LogP) is 2.66. The summed E-state index contributed by atoms with van der Waals surface area (Å²) in [5, 5.41) is 11.2. The normalized spacial score (nSPS) is 16.1. The maximum Gasteiger partial charge on any atom is 0.289 e. The molecule has 1 aliphatic heterocycles. The van der Waals surface area contributed by atoms with Crippen LogP contribution < -0.4 is 4.74 Å². The van der Waals surface area contributed by atoms with E-state index in [-0.39, 0.29) is 37.0 Å². The number of sulfonamides is 1. The maximum atomic E-state index is 12.9. The van der Waals surface area contributed by atoms with Crippen LogP contribution >= 0.6 is 15.9 Å². The Kier molecular flexibility index (Phi) is 6.74. The summed E-state index contributed by atoms with van der Waals surface area (Å²) < 4.78 is 33.5. The van der Waals surface area contributed by atoms with Gasteiger partial charge in [0.2, 0.25) is 10.0 Å². The van der Waals surface area contributed by atoms with E-state index >= 15 is 0 Å². The second-order valence-electron chi connectivity index (χ2n) is 6.67. The van der Waals surface area contributed by atoms with Gasteiger partial charge in [-0.2, -0.15) is 4.31 Å². The summed E-state index contributed by atoms with van der Waals surface area (Å²) >= 11 is 3.33. The summed E-state index contributed by atoms with van der Waals surface area (Å²) in [5.41, 5.74) is -0.465. The number of piperazine rings is 1. The zero-order valence-corrected chi connectivity index (χ0v) is 18.5. The van der Waals surface area contributed by atoms with Gasteiger partial charge in [0.05, 0.1) is 4.92 Å². The van der Waals surface area contributed by atoms with Gasteiger partial charge >= 0.3 is 0 Å². The molecule has 0 radical (unpaired) electrons. The zero-order chi connectivity index (χ0) is 21.9. The molecule has 1 saturated heterocycles. The van der Waals surface area contributed by atoms with Crippen LogP contribution in [0.4, 0.5) is 5.69 Å². The molecule has 1 fully saturated rings. The fraction of sp³-hybridized carbons (Fsp3) is 0.316. The van der Waals surface area contributed by atoms with E-state index in [0.29, 0.717) is 5.75 Å². The fourth-order valence-electron chi connectivity index (χ4n) is 3.14. The van der Waals surface area contributed by atoms with Gasteiger partial charge in [-0.25, -0.2) is 8.42 Å². The molecule has 11 heteroatoms. The summed E-state index contributed by atoms with van der Waals surface area (Å²) in [5.74, 6) is 0.303. The molecule has 0 aromatic heterocycles. The van der Waals surface area contributed by atoms with Crippen molar-refractivity contribution in [1.29, 1.82) is 0 Å². The number of halogens is 1. The third-order valence-electron chi connectivity index (χ3n) is 4.70. The second kappa shape index (κ2) is 9.11. The molecule has 0 saturated carbocycles. The van der Waals surface area contributed by atoms with Gasteiger partial charge in [0.15, 0.2) is 11.0 Å². The minimum atomic E-state index is -4.04. The number of carbonyl (C=O) groups excluding carboxylic acids is 1. The highest BCUT2D eigenvalue weighted by molar-refractivity contribution is 9.10. The van der Waals surface area contributed by atoms with Gasteiger partial charge in [-0.1, -0.05) is 28.1 Å². The number of benzene rings is 2. The number of para-hydroxylation sites is 1. The summed E-state index contributed by atoms with van der Waals surface area (Å²) in [6.07, 6.45) is -0.732. The molecule has 1 aliphatic rings. The number of nitro benzene ring substituents is 1. The van der Waals surface area contributed by atoms with Crippen LogP contribution in [0, 0.1) is 10.1 Å². The van der Waals surface area contributed by atoms with Crippen molar-refractivity contribution in [1.82, 2.24) is 9.21 Å². The molecular formula is C19H20BrN3O6S. The Morgan fingerprint density at radius 2 is 1.70 bits per heavy atom. The standard InChI is InChI=1S/C19H20BrN3O6S/c1-14(29-16-8-6-15(20)7-9-16)19(24)21-10-12-22(13-11-21)30(27,28)18-5-3-2-4-17(18)23(25)26/h2-9,14H,10-13H2,1H3. The van der Waals surface area contributed by atoms with Crippen molar-refractivity contribution in [3.63, 3.8) is 0 Å². The van der Waals surface area contributed by atoms with Crippen molar-refractivity contribution >= 4 is 37.5 Å².